The molecule has 1 aliphatic heterocycles. The lowest BCUT2D eigenvalue weighted by molar-refractivity contribution is 0.178. The van der Waals surface area contributed by atoms with Crippen LogP contribution in [0.2, 0.25) is 0 Å². The molecule has 20 heavy (non-hydrogen) atoms. The Bertz CT molecular complexity index is 635. The van der Waals surface area contributed by atoms with Crippen molar-refractivity contribution in [3.8, 4) is 0 Å². The van der Waals surface area contributed by atoms with E-state index in [0.29, 0.717) is 30.8 Å². The first-order chi connectivity index (χ1) is 9.23. The van der Waals surface area contributed by atoms with Crippen LogP contribution in [0.15, 0.2) is 23.1 Å². The van der Waals surface area contributed by atoms with Crippen LogP contribution in [0.3, 0.4) is 0 Å². The summed E-state index contributed by atoms with van der Waals surface area (Å²) in [5.41, 5.74) is 6.19. The van der Waals surface area contributed by atoms with Gasteiger partial charge in [-0.2, -0.15) is 0 Å². The Morgan fingerprint density at radius 2 is 2.20 bits per heavy atom. The molecule has 0 aliphatic carbocycles. The van der Waals surface area contributed by atoms with Gasteiger partial charge in [0.05, 0.1) is 17.0 Å². The van der Waals surface area contributed by atoms with Crippen LogP contribution < -0.4 is 10.5 Å². The van der Waals surface area contributed by atoms with E-state index in [4.69, 9.17) is 22.7 Å². The van der Waals surface area contributed by atoms with Crippen molar-refractivity contribution in [2.75, 3.05) is 13.2 Å². The molecular formula is C13H18N2O3S2. The predicted octanol–water partition coefficient (Wildman–Crippen LogP) is 1.09. The van der Waals surface area contributed by atoms with Crippen molar-refractivity contribution in [1.82, 2.24) is 4.72 Å². The van der Waals surface area contributed by atoms with Crippen LogP contribution in [0.4, 0.5) is 0 Å². The van der Waals surface area contributed by atoms with Gasteiger partial charge in [-0.05, 0) is 31.9 Å². The Balaban J connectivity index is 2.38. The van der Waals surface area contributed by atoms with Crippen LogP contribution in [-0.2, 0) is 14.8 Å². The third-order valence-electron chi connectivity index (χ3n) is 3.36. The fourth-order valence-corrected chi connectivity index (χ4v) is 3.99. The molecule has 1 saturated heterocycles. The van der Waals surface area contributed by atoms with Crippen molar-refractivity contribution < 1.29 is 13.2 Å². The molecule has 0 radical (unpaired) electrons. The SMILES string of the molecule is Cc1ccc(C(N)=S)cc1S(=O)(=O)NC1(C)CCOC1. The van der Waals surface area contributed by atoms with Crippen molar-refractivity contribution in [1.29, 1.82) is 0 Å². The van der Waals surface area contributed by atoms with Crippen molar-refractivity contribution in [3.63, 3.8) is 0 Å². The van der Waals surface area contributed by atoms with Crippen LogP contribution >= 0.6 is 12.2 Å². The van der Waals surface area contributed by atoms with Crippen LogP contribution in [0, 0.1) is 6.92 Å². The Kier molecular flexibility index (Phi) is 4.15. The normalized spacial score (nSPS) is 22.9. The van der Waals surface area contributed by atoms with E-state index in [-0.39, 0.29) is 9.88 Å². The second-order valence-corrected chi connectivity index (χ2v) is 7.40. The Morgan fingerprint density at radius 3 is 2.75 bits per heavy atom. The van der Waals surface area contributed by atoms with Gasteiger partial charge in [-0.15, -0.1) is 0 Å². The number of nitrogens with two attached hydrogens (primary N) is 1. The molecule has 0 saturated carbocycles. The number of thiocarbonyl (C=S) groups is 1. The molecule has 1 atom stereocenters. The molecule has 0 spiro atoms. The third kappa shape index (κ3) is 3.17. The highest BCUT2D eigenvalue weighted by Gasteiger charge is 2.35. The maximum atomic E-state index is 12.5. The average molecular weight is 314 g/mol. The Morgan fingerprint density at radius 1 is 1.50 bits per heavy atom. The molecule has 1 aromatic rings. The van der Waals surface area contributed by atoms with Gasteiger partial charge in [0, 0.05) is 12.2 Å². The molecular weight excluding hydrogens is 296 g/mol. The minimum atomic E-state index is -3.63. The summed E-state index contributed by atoms with van der Waals surface area (Å²) in [7, 11) is -3.63. The van der Waals surface area contributed by atoms with Crippen molar-refractivity contribution in [2.24, 2.45) is 5.73 Å². The summed E-state index contributed by atoms with van der Waals surface area (Å²) >= 11 is 4.90. The summed E-state index contributed by atoms with van der Waals surface area (Å²) in [5.74, 6) is 0. The molecule has 110 valence electrons. The zero-order chi connectivity index (χ0) is 15.0. The van der Waals surface area contributed by atoms with Gasteiger partial charge in [0.1, 0.15) is 4.99 Å². The number of benzene rings is 1. The lowest BCUT2D eigenvalue weighted by Gasteiger charge is -2.24. The minimum Gasteiger partial charge on any atom is -0.389 e. The first-order valence-electron chi connectivity index (χ1n) is 6.26. The second-order valence-electron chi connectivity index (χ2n) is 5.31. The average Bonchev–Trinajstić information content (AvgIpc) is 2.74. The monoisotopic (exact) mass is 314 g/mol. The molecule has 1 fully saturated rings. The first-order valence-corrected chi connectivity index (χ1v) is 8.15. The second kappa shape index (κ2) is 5.40. The van der Waals surface area contributed by atoms with E-state index in [0.717, 1.165) is 0 Å². The summed E-state index contributed by atoms with van der Waals surface area (Å²) in [4.78, 5) is 0.382. The predicted molar refractivity (Wildman–Crippen MR) is 81.2 cm³/mol. The number of nitrogens with one attached hydrogen (secondary N) is 1. The highest BCUT2D eigenvalue weighted by Crippen LogP contribution is 2.23. The summed E-state index contributed by atoms with van der Waals surface area (Å²) < 4.78 is 33.1. The Labute approximate surface area is 124 Å². The van der Waals surface area contributed by atoms with E-state index in [9.17, 15) is 8.42 Å². The quantitative estimate of drug-likeness (QED) is 0.813. The molecule has 1 unspecified atom stereocenters. The van der Waals surface area contributed by atoms with E-state index >= 15 is 0 Å². The Hall–Kier alpha value is -1.02. The molecule has 5 nitrogen and oxygen atoms in total. The van der Waals surface area contributed by atoms with Gasteiger partial charge in [-0.1, -0.05) is 24.4 Å². The standard InChI is InChI=1S/C13H18N2O3S2/c1-9-3-4-10(12(14)19)7-11(9)20(16,17)15-13(2)5-6-18-8-13/h3-4,7,15H,5-6,8H2,1-2H3,(H2,14,19). The van der Waals surface area contributed by atoms with E-state index < -0.39 is 15.6 Å². The number of ether oxygens (including phenoxy) is 1. The van der Waals surface area contributed by atoms with Crippen LogP contribution in [0.5, 0.6) is 0 Å². The van der Waals surface area contributed by atoms with E-state index in [2.05, 4.69) is 4.72 Å². The summed E-state index contributed by atoms with van der Waals surface area (Å²) in [5, 5.41) is 0. The van der Waals surface area contributed by atoms with E-state index in [1.807, 2.05) is 6.92 Å². The number of hydrogen-bond acceptors (Lipinski definition) is 4. The molecule has 3 N–H and O–H groups in total. The van der Waals surface area contributed by atoms with Gasteiger partial charge in [-0.25, -0.2) is 13.1 Å². The van der Waals surface area contributed by atoms with Crippen LogP contribution in [-0.4, -0.2) is 32.2 Å². The van der Waals surface area contributed by atoms with Crippen LogP contribution in [0.25, 0.3) is 0 Å². The van der Waals surface area contributed by atoms with Gasteiger partial charge in [-0.3, -0.25) is 0 Å². The molecule has 2 rings (SSSR count). The summed E-state index contributed by atoms with van der Waals surface area (Å²) in [6.07, 6.45) is 0.653. The molecule has 7 heteroatoms. The number of hydrogen-bond donors (Lipinski definition) is 2. The lowest BCUT2D eigenvalue weighted by atomic mass is 10.0. The molecule has 0 aromatic heterocycles. The zero-order valence-electron chi connectivity index (χ0n) is 11.5. The fourth-order valence-electron chi connectivity index (χ4n) is 2.17. The number of rotatable bonds is 4. The van der Waals surface area contributed by atoms with Crippen molar-refractivity contribution >= 4 is 27.2 Å². The van der Waals surface area contributed by atoms with Crippen molar-refractivity contribution in [3.05, 3.63) is 29.3 Å². The topological polar surface area (TPSA) is 81.4 Å². The van der Waals surface area contributed by atoms with Gasteiger partial charge in [0.15, 0.2) is 0 Å². The minimum absolute atomic E-state index is 0.178. The maximum Gasteiger partial charge on any atom is 0.241 e. The number of aryl methyl sites for hydroxylation is 1. The molecule has 1 aliphatic rings. The van der Waals surface area contributed by atoms with Gasteiger partial charge >= 0.3 is 0 Å². The third-order valence-corrected chi connectivity index (χ3v) is 5.38. The van der Waals surface area contributed by atoms with E-state index in [1.54, 1.807) is 19.1 Å². The van der Waals surface area contributed by atoms with Crippen LogP contribution in [0.1, 0.15) is 24.5 Å². The van der Waals surface area contributed by atoms with Gasteiger partial charge in [0.2, 0.25) is 10.0 Å². The maximum absolute atomic E-state index is 12.5. The van der Waals surface area contributed by atoms with Gasteiger partial charge < -0.3 is 10.5 Å². The fraction of sp³-hybridized carbons (Fsp3) is 0.462. The molecule has 0 bridgehead atoms. The van der Waals surface area contributed by atoms with Crippen molar-refractivity contribution in [2.45, 2.75) is 30.7 Å². The molecule has 1 aromatic carbocycles. The zero-order valence-corrected chi connectivity index (χ0v) is 13.1. The largest absolute Gasteiger partial charge is 0.389 e. The van der Waals surface area contributed by atoms with E-state index in [1.165, 1.54) is 6.07 Å². The lowest BCUT2D eigenvalue weighted by Crippen LogP contribution is -2.46. The highest BCUT2D eigenvalue weighted by atomic mass is 32.2. The first kappa shape index (κ1) is 15.4. The summed E-state index contributed by atoms with van der Waals surface area (Å²) in [6.45, 7) is 4.51. The molecule has 0 amide bonds. The molecule has 1 heterocycles. The smallest absolute Gasteiger partial charge is 0.241 e. The summed E-state index contributed by atoms with van der Waals surface area (Å²) in [6, 6.07) is 4.94. The van der Waals surface area contributed by atoms with Gasteiger partial charge in [0.25, 0.3) is 0 Å². The number of sulfonamides is 1. The highest BCUT2D eigenvalue weighted by molar-refractivity contribution is 7.89.